The fourth-order valence-corrected chi connectivity index (χ4v) is 5.68. The van der Waals surface area contributed by atoms with Gasteiger partial charge in [0.25, 0.3) is 0 Å². The molecule has 0 radical (unpaired) electrons. The number of para-hydroxylation sites is 2. The highest BCUT2D eigenvalue weighted by atomic mass is 16.5. The highest BCUT2D eigenvalue weighted by Gasteiger charge is 2.22. The predicted molar refractivity (Wildman–Crippen MR) is 168 cm³/mol. The lowest BCUT2D eigenvalue weighted by Gasteiger charge is -2.24. The van der Waals surface area contributed by atoms with E-state index in [2.05, 4.69) is 34.9 Å². The zero-order valence-electron chi connectivity index (χ0n) is 23.8. The van der Waals surface area contributed by atoms with E-state index in [1.54, 1.807) is 36.4 Å². The minimum Gasteiger partial charge on any atom is -0.492 e. The SMILES string of the molecule is O=C(c1ccccc1)c1ccccc1NC(Cc1ccc(OCCNc2ccccc2C2CCCCC2)cc1)C(=O)O. The van der Waals surface area contributed by atoms with E-state index in [-0.39, 0.29) is 12.2 Å². The minimum atomic E-state index is -0.989. The summed E-state index contributed by atoms with van der Waals surface area (Å²) >= 11 is 0. The second-order valence-electron chi connectivity index (χ2n) is 10.8. The van der Waals surface area contributed by atoms with E-state index in [9.17, 15) is 14.7 Å². The van der Waals surface area contributed by atoms with Gasteiger partial charge in [0.2, 0.25) is 0 Å². The lowest BCUT2D eigenvalue weighted by Crippen LogP contribution is -2.32. The monoisotopic (exact) mass is 562 g/mol. The van der Waals surface area contributed by atoms with Crippen LogP contribution in [0.4, 0.5) is 11.4 Å². The van der Waals surface area contributed by atoms with Crippen molar-refractivity contribution in [2.45, 2.75) is 50.5 Å². The maximum Gasteiger partial charge on any atom is 0.326 e. The van der Waals surface area contributed by atoms with Gasteiger partial charge in [-0.25, -0.2) is 4.79 Å². The number of ether oxygens (including phenoxy) is 1. The van der Waals surface area contributed by atoms with Gasteiger partial charge in [-0.15, -0.1) is 0 Å². The first-order valence-electron chi connectivity index (χ1n) is 14.8. The van der Waals surface area contributed by atoms with Crippen molar-refractivity contribution in [3.05, 3.63) is 125 Å². The Labute approximate surface area is 247 Å². The molecule has 3 N–H and O–H groups in total. The molecule has 0 saturated heterocycles. The van der Waals surface area contributed by atoms with Gasteiger partial charge in [0.15, 0.2) is 5.78 Å². The zero-order valence-corrected chi connectivity index (χ0v) is 23.8. The standard InChI is InChI=1S/C36H38N2O4/c39-35(28-13-5-2-6-14-28)31-16-8-10-18-33(31)38-34(36(40)41)25-26-19-21-29(22-20-26)42-24-23-37-32-17-9-7-15-30(32)27-11-3-1-4-12-27/h2,5-10,13-22,27,34,37-38H,1,3-4,11-12,23-25H2,(H,40,41). The normalized spacial score (nSPS) is 14.1. The zero-order chi connectivity index (χ0) is 29.1. The molecule has 1 atom stereocenters. The number of aliphatic carboxylic acids is 1. The summed E-state index contributed by atoms with van der Waals surface area (Å²) in [7, 11) is 0. The molecule has 0 spiro atoms. The van der Waals surface area contributed by atoms with E-state index in [0.717, 1.165) is 11.3 Å². The molecule has 0 bridgehead atoms. The molecule has 0 amide bonds. The van der Waals surface area contributed by atoms with Crippen LogP contribution < -0.4 is 15.4 Å². The van der Waals surface area contributed by atoms with Gasteiger partial charge in [0.1, 0.15) is 18.4 Å². The third-order valence-electron chi connectivity index (χ3n) is 7.89. The molecule has 0 aromatic heterocycles. The van der Waals surface area contributed by atoms with Crippen molar-refractivity contribution in [2.24, 2.45) is 0 Å². The predicted octanol–water partition coefficient (Wildman–Crippen LogP) is 7.56. The largest absolute Gasteiger partial charge is 0.492 e. The van der Waals surface area contributed by atoms with Crippen LogP contribution in [0.15, 0.2) is 103 Å². The van der Waals surface area contributed by atoms with Crippen LogP contribution in [0, 0.1) is 0 Å². The molecule has 0 heterocycles. The van der Waals surface area contributed by atoms with E-state index >= 15 is 0 Å². The van der Waals surface area contributed by atoms with Gasteiger partial charge in [-0.2, -0.15) is 0 Å². The van der Waals surface area contributed by atoms with Crippen LogP contribution in [0.3, 0.4) is 0 Å². The molecule has 6 nitrogen and oxygen atoms in total. The van der Waals surface area contributed by atoms with Crippen molar-refractivity contribution >= 4 is 23.1 Å². The molecule has 4 aromatic carbocycles. The Bertz CT molecular complexity index is 1460. The number of nitrogens with one attached hydrogen (secondary N) is 2. The van der Waals surface area contributed by atoms with E-state index < -0.39 is 12.0 Å². The molecule has 6 heteroatoms. The topological polar surface area (TPSA) is 87.7 Å². The van der Waals surface area contributed by atoms with Crippen molar-refractivity contribution < 1.29 is 19.4 Å². The number of carbonyl (C=O) groups excluding carboxylic acids is 1. The Hall–Kier alpha value is -4.58. The van der Waals surface area contributed by atoms with Gasteiger partial charge in [0.05, 0.1) is 0 Å². The number of rotatable bonds is 13. The molecule has 1 aliphatic rings. The highest BCUT2D eigenvalue weighted by Crippen LogP contribution is 2.36. The van der Waals surface area contributed by atoms with Crippen LogP contribution in [0.1, 0.15) is 65.1 Å². The fraction of sp³-hybridized carbons (Fsp3) is 0.278. The van der Waals surface area contributed by atoms with E-state index in [1.807, 2.05) is 42.5 Å². The molecule has 1 fully saturated rings. The molecule has 1 saturated carbocycles. The third kappa shape index (κ3) is 7.58. The average Bonchev–Trinajstić information content (AvgIpc) is 3.04. The minimum absolute atomic E-state index is 0.156. The Morgan fingerprint density at radius 2 is 1.45 bits per heavy atom. The van der Waals surface area contributed by atoms with Crippen LogP contribution in [0.2, 0.25) is 0 Å². The van der Waals surface area contributed by atoms with Crippen LogP contribution in [0.5, 0.6) is 5.75 Å². The first-order chi connectivity index (χ1) is 20.6. The molecule has 1 unspecified atom stereocenters. The molecule has 4 aromatic rings. The Kier molecular flexibility index (Phi) is 9.89. The van der Waals surface area contributed by atoms with E-state index in [4.69, 9.17) is 4.74 Å². The van der Waals surface area contributed by atoms with E-state index in [1.165, 1.54) is 43.4 Å². The summed E-state index contributed by atoms with van der Waals surface area (Å²) in [6.45, 7) is 1.21. The summed E-state index contributed by atoms with van der Waals surface area (Å²) in [5, 5.41) is 16.6. The molecule has 5 rings (SSSR count). The van der Waals surface area contributed by atoms with Crippen molar-refractivity contribution in [1.29, 1.82) is 0 Å². The van der Waals surface area contributed by atoms with Crippen LogP contribution in [-0.4, -0.2) is 36.1 Å². The van der Waals surface area contributed by atoms with Gasteiger partial charge in [0, 0.05) is 35.5 Å². The van der Waals surface area contributed by atoms with Gasteiger partial charge in [-0.1, -0.05) is 92.1 Å². The lowest BCUT2D eigenvalue weighted by atomic mass is 9.83. The number of benzene rings is 4. The lowest BCUT2D eigenvalue weighted by molar-refractivity contribution is -0.137. The number of ketones is 1. The first-order valence-corrected chi connectivity index (χ1v) is 14.8. The number of anilines is 2. The van der Waals surface area contributed by atoms with Gasteiger partial charge < -0.3 is 20.5 Å². The summed E-state index contributed by atoms with van der Waals surface area (Å²) < 4.78 is 5.97. The maximum atomic E-state index is 13.1. The van der Waals surface area contributed by atoms with E-state index in [0.29, 0.717) is 35.9 Å². The summed E-state index contributed by atoms with van der Waals surface area (Å²) in [5.41, 5.74) is 4.95. The molecule has 0 aliphatic heterocycles. The van der Waals surface area contributed by atoms with Gasteiger partial charge in [-0.3, -0.25) is 4.79 Å². The van der Waals surface area contributed by atoms with Crippen molar-refractivity contribution in [3.8, 4) is 5.75 Å². The number of carboxylic acid groups (broad SMARTS) is 1. The highest BCUT2D eigenvalue weighted by molar-refractivity contribution is 6.12. The Balaban J connectivity index is 1.15. The van der Waals surface area contributed by atoms with Crippen LogP contribution >= 0.6 is 0 Å². The summed E-state index contributed by atoms with van der Waals surface area (Å²) in [6.07, 6.45) is 6.74. The fourth-order valence-electron chi connectivity index (χ4n) is 5.68. The maximum absolute atomic E-state index is 13.1. The van der Waals surface area contributed by atoms with Gasteiger partial charge in [-0.05, 0) is 60.2 Å². The molecule has 1 aliphatic carbocycles. The number of hydrogen-bond donors (Lipinski definition) is 3. The molecule has 42 heavy (non-hydrogen) atoms. The van der Waals surface area contributed by atoms with Crippen LogP contribution in [-0.2, 0) is 11.2 Å². The Morgan fingerprint density at radius 3 is 2.19 bits per heavy atom. The second-order valence-corrected chi connectivity index (χ2v) is 10.8. The smallest absolute Gasteiger partial charge is 0.326 e. The molecular formula is C36H38N2O4. The van der Waals surface area contributed by atoms with Crippen LogP contribution in [0.25, 0.3) is 0 Å². The molecular weight excluding hydrogens is 524 g/mol. The summed E-state index contributed by atoms with van der Waals surface area (Å²) in [6, 6.07) is 31.2. The van der Waals surface area contributed by atoms with Crippen molar-refractivity contribution in [2.75, 3.05) is 23.8 Å². The second kappa shape index (κ2) is 14.4. The third-order valence-corrected chi connectivity index (χ3v) is 7.89. The first kappa shape index (κ1) is 28.9. The van der Waals surface area contributed by atoms with Crippen molar-refractivity contribution in [1.82, 2.24) is 0 Å². The quantitative estimate of drug-likeness (QED) is 0.115. The Morgan fingerprint density at radius 1 is 0.786 bits per heavy atom. The van der Waals surface area contributed by atoms with Crippen molar-refractivity contribution in [3.63, 3.8) is 0 Å². The summed E-state index contributed by atoms with van der Waals surface area (Å²) in [4.78, 5) is 25.2. The number of carbonyl (C=O) groups is 2. The number of hydrogen-bond acceptors (Lipinski definition) is 5. The molecule has 216 valence electrons. The number of carboxylic acids is 1. The van der Waals surface area contributed by atoms with Gasteiger partial charge >= 0.3 is 5.97 Å². The summed E-state index contributed by atoms with van der Waals surface area (Å²) in [5.74, 6) is 0.228. The average molecular weight is 563 g/mol.